The quantitative estimate of drug-likeness (QED) is 0.926. The van der Waals surface area contributed by atoms with Gasteiger partial charge in [-0.25, -0.2) is 0 Å². The molecule has 1 atom stereocenters. The second-order valence-electron chi connectivity index (χ2n) is 4.66. The van der Waals surface area contributed by atoms with Crippen molar-refractivity contribution in [3.05, 3.63) is 57.3 Å². The van der Waals surface area contributed by atoms with E-state index < -0.39 is 0 Å². The molecule has 0 saturated carbocycles. The lowest BCUT2D eigenvalue weighted by molar-refractivity contribution is 0.0944. The maximum atomic E-state index is 12.2. The number of benzene rings is 1. The van der Waals surface area contributed by atoms with Crippen molar-refractivity contribution in [3.8, 4) is 0 Å². The minimum Gasteiger partial charge on any atom is -0.345 e. The van der Waals surface area contributed by atoms with E-state index in [2.05, 4.69) is 5.32 Å². The van der Waals surface area contributed by atoms with Gasteiger partial charge in [0.15, 0.2) is 0 Å². The lowest BCUT2D eigenvalue weighted by atomic mass is 10.1. The van der Waals surface area contributed by atoms with E-state index >= 15 is 0 Å². The topological polar surface area (TPSA) is 29.1 Å². The minimum atomic E-state index is 0.0417. The molecule has 0 radical (unpaired) electrons. The summed E-state index contributed by atoms with van der Waals surface area (Å²) >= 11 is 3.55. The Morgan fingerprint density at radius 3 is 2.79 bits per heavy atom. The molecule has 2 nitrogen and oxygen atoms in total. The summed E-state index contributed by atoms with van der Waals surface area (Å²) in [7, 11) is 0. The van der Waals surface area contributed by atoms with Crippen LogP contribution < -0.4 is 5.32 Å². The molecule has 3 rings (SSSR count). The first-order valence-corrected chi connectivity index (χ1v) is 8.26. The second kappa shape index (κ2) is 5.39. The molecule has 1 aromatic carbocycles. The Hall–Kier alpha value is -1.26. The molecule has 0 spiro atoms. The van der Waals surface area contributed by atoms with Crippen LogP contribution in [-0.4, -0.2) is 5.91 Å². The van der Waals surface area contributed by atoms with Gasteiger partial charge in [0.1, 0.15) is 0 Å². The number of hydrogen-bond acceptors (Lipinski definition) is 3. The summed E-state index contributed by atoms with van der Waals surface area (Å²) in [6.45, 7) is 2.02. The summed E-state index contributed by atoms with van der Waals surface area (Å²) in [4.78, 5) is 14.4. The number of carbonyl (C=O) groups is 1. The normalized spacial score (nSPS) is 15.0. The van der Waals surface area contributed by atoms with Crippen LogP contribution in [0.25, 0.3) is 0 Å². The van der Waals surface area contributed by atoms with Crippen molar-refractivity contribution in [1.29, 1.82) is 0 Å². The number of hydrogen-bond donors (Lipinski definition) is 1. The van der Waals surface area contributed by atoms with Gasteiger partial charge in [-0.1, -0.05) is 30.3 Å². The number of amides is 1. The third-order valence-electron chi connectivity index (χ3n) is 3.26. The SMILES string of the molecule is CC(NC(=O)c1cc2c(s1)CSC2)c1ccccc1. The van der Waals surface area contributed by atoms with Gasteiger partial charge in [0.25, 0.3) is 5.91 Å². The predicted octanol–water partition coefficient (Wildman–Crippen LogP) is 3.99. The molecule has 1 aromatic heterocycles. The number of thioether (sulfide) groups is 1. The van der Waals surface area contributed by atoms with Crippen LogP contribution in [0.2, 0.25) is 0 Å². The standard InChI is InChI=1S/C15H15NOS2/c1-10(11-5-3-2-4-6-11)16-15(17)13-7-12-8-18-9-14(12)19-13/h2-7,10H,8-9H2,1H3,(H,16,17). The molecule has 1 unspecified atom stereocenters. The molecular formula is C15H15NOS2. The lowest BCUT2D eigenvalue weighted by Gasteiger charge is -2.13. The Morgan fingerprint density at radius 1 is 1.26 bits per heavy atom. The van der Waals surface area contributed by atoms with E-state index in [0.717, 1.165) is 21.9 Å². The molecule has 0 saturated heterocycles. The number of rotatable bonds is 3. The maximum Gasteiger partial charge on any atom is 0.261 e. The molecule has 0 bridgehead atoms. The highest BCUT2D eigenvalue weighted by Crippen LogP contribution is 2.36. The highest BCUT2D eigenvalue weighted by molar-refractivity contribution is 7.98. The van der Waals surface area contributed by atoms with Crippen LogP contribution in [0.1, 0.15) is 38.6 Å². The lowest BCUT2D eigenvalue weighted by Crippen LogP contribution is -2.25. The van der Waals surface area contributed by atoms with Gasteiger partial charge in [0.2, 0.25) is 0 Å². The molecular weight excluding hydrogens is 274 g/mol. The smallest absolute Gasteiger partial charge is 0.261 e. The molecule has 98 valence electrons. The first-order chi connectivity index (χ1) is 9.24. The van der Waals surface area contributed by atoms with E-state index in [-0.39, 0.29) is 11.9 Å². The van der Waals surface area contributed by atoms with Gasteiger partial charge in [0, 0.05) is 16.4 Å². The zero-order chi connectivity index (χ0) is 13.2. The first kappa shape index (κ1) is 12.8. The van der Waals surface area contributed by atoms with Crippen LogP contribution in [0, 0.1) is 0 Å². The highest BCUT2D eigenvalue weighted by atomic mass is 32.2. The summed E-state index contributed by atoms with van der Waals surface area (Å²) in [5.74, 6) is 2.15. The number of carbonyl (C=O) groups excluding carboxylic acids is 1. The molecule has 2 heterocycles. The number of thiophene rings is 1. The van der Waals surface area contributed by atoms with Crippen molar-refractivity contribution in [3.63, 3.8) is 0 Å². The van der Waals surface area contributed by atoms with Gasteiger partial charge >= 0.3 is 0 Å². The summed E-state index contributed by atoms with van der Waals surface area (Å²) in [6, 6.07) is 12.1. The van der Waals surface area contributed by atoms with Crippen LogP contribution in [-0.2, 0) is 11.5 Å². The zero-order valence-electron chi connectivity index (χ0n) is 10.7. The predicted molar refractivity (Wildman–Crippen MR) is 81.6 cm³/mol. The number of fused-ring (bicyclic) bond motifs is 1. The summed E-state index contributed by atoms with van der Waals surface area (Å²) < 4.78 is 0. The van der Waals surface area contributed by atoms with Gasteiger partial charge in [-0.05, 0) is 24.1 Å². The molecule has 4 heteroatoms. The Balaban J connectivity index is 1.71. The molecule has 19 heavy (non-hydrogen) atoms. The Kier molecular flexibility index (Phi) is 3.62. The monoisotopic (exact) mass is 289 g/mol. The average molecular weight is 289 g/mol. The van der Waals surface area contributed by atoms with Crippen LogP contribution in [0.3, 0.4) is 0 Å². The van der Waals surface area contributed by atoms with Crippen molar-refractivity contribution in [2.24, 2.45) is 0 Å². The third-order valence-corrected chi connectivity index (χ3v) is 5.63. The zero-order valence-corrected chi connectivity index (χ0v) is 12.3. The molecule has 1 amide bonds. The fourth-order valence-electron chi connectivity index (χ4n) is 2.17. The van der Waals surface area contributed by atoms with Gasteiger partial charge < -0.3 is 5.32 Å². The van der Waals surface area contributed by atoms with Gasteiger partial charge in [-0.3, -0.25) is 4.79 Å². The van der Waals surface area contributed by atoms with Crippen LogP contribution >= 0.6 is 23.1 Å². The van der Waals surface area contributed by atoms with Gasteiger partial charge in [-0.2, -0.15) is 11.8 Å². The molecule has 1 N–H and O–H groups in total. The Morgan fingerprint density at radius 2 is 2.05 bits per heavy atom. The van der Waals surface area contributed by atoms with Crippen LogP contribution in [0.5, 0.6) is 0 Å². The summed E-state index contributed by atoms with van der Waals surface area (Å²) in [6.07, 6.45) is 0. The Labute approximate surface area is 121 Å². The van der Waals surface area contributed by atoms with Crippen molar-refractivity contribution < 1.29 is 4.79 Å². The molecule has 1 aliphatic heterocycles. The average Bonchev–Trinajstić information content (AvgIpc) is 3.00. The maximum absolute atomic E-state index is 12.2. The number of nitrogens with one attached hydrogen (secondary N) is 1. The highest BCUT2D eigenvalue weighted by Gasteiger charge is 2.19. The summed E-state index contributed by atoms with van der Waals surface area (Å²) in [5, 5.41) is 3.07. The van der Waals surface area contributed by atoms with Gasteiger partial charge in [0.05, 0.1) is 10.9 Å². The second-order valence-corrected chi connectivity index (χ2v) is 6.78. The fourth-order valence-corrected chi connectivity index (χ4v) is 4.58. The van der Waals surface area contributed by atoms with Gasteiger partial charge in [-0.15, -0.1) is 11.3 Å². The van der Waals surface area contributed by atoms with E-state index in [1.54, 1.807) is 11.3 Å². The van der Waals surface area contributed by atoms with Crippen molar-refractivity contribution in [2.45, 2.75) is 24.5 Å². The van der Waals surface area contributed by atoms with Crippen LogP contribution in [0.4, 0.5) is 0 Å². The molecule has 1 aliphatic rings. The summed E-state index contributed by atoms with van der Waals surface area (Å²) in [5.41, 5.74) is 2.48. The molecule has 2 aromatic rings. The largest absolute Gasteiger partial charge is 0.345 e. The van der Waals surface area contributed by atoms with E-state index in [1.807, 2.05) is 55.1 Å². The van der Waals surface area contributed by atoms with E-state index in [0.29, 0.717) is 0 Å². The fraction of sp³-hybridized carbons (Fsp3) is 0.267. The third kappa shape index (κ3) is 2.69. The van der Waals surface area contributed by atoms with E-state index in [9.17, 15) is 4.79 Å². The van der Waals surface area contributed by atoms with Crippen molar-refractivity contribution in [2.75, 3.05) is 0 Å². The van der Waals surface area contributed by atoms with E-state index in [4.69, 9.17) is 0 Å². The molecule has 0 fully saturated rings. The Bertz CT molecular complexity index is 570. The molecule has 0 aliphatic carbocycles. The van der Waals surface area contributed by atoms with Crippen molar-refractivity contribution in [1.82, 2.24) is 5.32 Å². The van der Waals surface area contributed by atoms with E-state index in [1.165, 1.54) is 10.4 Å². The first-order valence-electron chi connectivity index (χ1n) is 6.29. The van der Waals surface area contributed by atoms with Crippen molar-refractivity contribution >= 4 is 29.0 Å². The minimum absolute atomic E-state index is 0.0417. The van der Waals surface area contributed by atoms with Crippen LogP contribution in [0.15, 0.2) is 36.4 Å².